The van der Waals surface area contributed by atoms with Crippen molar-refractivity contribution in [3.05, 3.63) is 72.4 Å². The molecule has 0 atom stereocenters. The highest BCUT2D eigenvalue weighted by molar-refractivity contribution is 5.67. The van der Waals surface area contributed by atoms with E-state index in [1.54, 1.807) is 0 Å². The summed E-state index contributed by atoms with van der Waals surface area (Å²) < 4.78 is 1.91. The summed E-state index contributed by atoms with van der Waals surface area (Å²) in [5, 5.41) is 17.0. The standard InChI is InChI=1S/C26H27N7/c1-31-14-16-32(17-15-31)23-9-7-22(8-10-23)29-26-28-19-24-11-12-25(33(24)30-26)21-6-2-4-20(18-21)5-3-13-27/h2,4,6-12,18-19H,3,5,14-17H2,1H3,(H,29,30). The van der Waals surface area contributed by atoms with Crippen LogP contribution in [0.25, 0.3) is 16.8 Å². The number of aryl methyl sites for hydroxylation is 1. The number of aromatic nitrogens is 3. The van der Waals surface area contributed by atoms with Crippen molar-refractivity contribution in [2.45, 2.75) is 12.8 Å². The normalized spacial score (nSPS) is 14.4. The van der Waals surface area contributed by atoms with Gasteiger partial charge in [0.25, 0.3) is 0 Å². The molecule has 1 aliphatic rings. The summed E-state index contributed by atoms with van der Waals surface area (Å²) in [5.74, 6) is 0.549. The van der Waals surface area contributed by atoms with Gasteiger partial charge in [0.05, 0.1) is 23.5 Å². The summed E-state index contributed by atoms with van der Waals surface area (Å²) in [6, 6.07) is 23.1. The molecule has 0 radical (unpaired) electrons. The van der Waals surface area contributed by atoms with Crippen molar-refractivity contribution < 1.29 is 0 Å². The topological polar surface area (TPSA) is 72.5 Å². The molecule has 0 bridgehead atoms. The summed E-state index contributed by atoms with van der Waals surface area (Å²) in [7, 11) is 2.17. The molecule has 0 saturated carbocycles. The number of fused-ring (bicyclic) bond motifs is 1. The molecule has 2 aromatic carbocycles. The Labute approximate surface area is 193 Å². The van der Waals surface area contributed by atoms with Crippen molar-refractivity contribution in [2.75, 3.05) is 43.4 Å². The molecule has 1 fully saturated rings. The lowest BCUT2D eigenvalue weighted by atomic mass is 10.1. The average Bonchev–Trinajstić information content (AvgIpc) is 3.27. The third kappa shape index (κ3) is 4.66. The minimum absolute atomic E-state index is 0.516. The van der Waals surface area contributed by atoms with E-state index in [-0.39, 0.29) is 0 Å². The molecule has 3 heterocycles. The molecule has 166 valence electrons. The second-order valence-corrected chi connectivity index (χ2v) is 8.46. The van der Waals surface area contributed by atoms with Crippen molar-refractivity contribution in [3.8, 4) is 17.3 Å². The van der Waals surface area contributed by atoms with E-state index in [9.17, 15) is 0 Å². The van der Waals surface area contributed by atoms with Crippen LogP contribution in [0.5, 0.6) is 0 Å². The maximum Gasteiger partial charge on any atom is 0.245 e. The summed E-state index contributed by atoms with van der Waals surface area (Å²) in [6.07, 6.45) is 3.10. The molecule has 2 aromatic heterocycles. The first kappa shape index (κ1) is 21.0. The zero-order valence-electron chi connectivity index (χ0n) is 18.8. The van der Waals surface area contributed by atoms with Crippen LogP contribution in [0, 0.1) is 11.3 Å². The zero-order valence-corrected chi connectivity index (χ0v) is 18.8. The van der Waals surface area contributed by atoms with Crippen molar-refractivity contribution in [1.82, 2.24) is 19.5 Å². The molecular formula is C26H27N7. The van der Waals surface area contributed by atoms with Gasteiger partial charge in [-0.3, -0.25) is 0 Å². The van der Waals surface area contributed by atoms with Crippen LogP contribution in [0.4, 0.5) is 17.3 Å². The first-order valence-electron chi connectivity index (χ1n) is 11.3. The molecule has 0 amide bonds. The Morgan fingerprint density at radius 1 is 1.00 bits per heavy atom. The zero-order chi connectivity index (χ0) is 22.6. The lowest BCUT2D eigenvalue weighted by Gasteiger charge is -2.34. The van der Waals surface area contributed by atoms with Crippen LogP contribution in [0.15, 0.2) is 66.9 Å². The van der Waals surface area contributed by atoms with Gasteiger partial charge in [-0.15, -0.1) is 5.10 Å². The number of nitrogens with zero attached hydrogens (tertiary/aromatic N) is 6. The van der Waals surface area contributed by atoms with Gasteiger partial charge >= 0.3 is 0 Å². The molecule has 0 spiro atoms. The maximum absolute atomic E-state index is 8.88. The predicted molar refractivity (Wildman–Crippen MR) is 132 cm³/mol. The van der Waals surface area contributed by atoms with Gasteiger partial charge in [-0.2, -0.15) is 5.26 Å². The van der Waals surface area contributed by atoms with Gasteiger partial charge in [-0.05, 0) is 61.5 Å². The first-order valence-corrected chi connectivity index (χ1v) is 11.3. The Balaban J connectivity index is 1.35. The average molecular weight is 438 g/mol. The molecule has 0 unspecified atom stereocenters. The van der Waals surface area contributed by atoms with Crippen LogP contribution in [0.2, 0.25) is 0 Å². The number of hydrogen-bond acceptors (Lipinski definition) is 6. The quantitative estimate of drug-likeness (QED) is 0.484. The molecule has 4 aromatic rings. The minimum Gasteiger partial charge on any atom is -0.369 e. The van der Waals surface area contributed by atoms with Crippen LogP contribution >= 0.6 is 0 Å². The Bertz CT molecular complexity index is 1280. The van der Waals surface area contributed by atoms with Gasteiger partial charge in [0.2, 0.25) is 5.95 Å². The van der Waals surface area contributed by atoms with Crippen molar-refractivity contribution in [1.29, 1.82) is 5.26 Å². The van der Waals surface area contributed by atoms with E-state index in [0.717, 1.165) is 60.6 Å². The van der Waals surface area contributed by atoms with Crippen molar-refractivity contribution in [2.24, 2.45) is 0 Å². The third-order valence-corrected chi connectivity index (χ3v) is 6.14. The van der Waals surface area contributed by atoms with Crippen LogP contribution in [-0.4, -0.2) is 52.7 Å². The second kappa shape index (κ2) is 9.31. The van der Waals surface area contributed by atoms with Crippen molar-refractivity contribution >= 4 is 22.8 Å². The predicted octanol–water partition coefficient (Wildman–Crippen LogP) is 4.35. The fraction of sp³-hybridized carbons (Fsp3) is 0.269. The van der Waals surface area contributed by atoms with E-state index in [4.69, 9.17) is 10.4 Å². The van der Waals surface area contributed by atoms with E-state index in [0.29, 0.717) is 12.4 Å². The van der Waals surface area contributed by atoms with Crippen LogP contribution in [-0.2, 0) is 6.42 Å². The maximum atomic E-state index is 8.88. The van der Waals surface area contributed by atoms with Crippen LogP contribution in [0.1, 0.15) is 12.0 Å². The van der Waals surface area contributed by atoms with Gasteiger partial charge in [0, 0.05) is 49.5 Å². The van der Waals surface area contributed by atoms with Gasteiger partial charge in [-0.1, -0.05) is 18.2 Å². The van der Waals surface area contributed by atoms with Crippen LogP contribution in [0.3, 0.4) is 0 Å². The summed E-state index contributed by atoms with van der Waals surface area (Å²) in [5.41, 5.74) is 6.36. The molecule has 1 aliphatic heterocycles. The second-order valence-electron chi connectivity index (χ2n) is 8.46. The van der Waals surface area contributed by atoms with E-state index in [1.807, 2.05) is 22.8 Å². The smallest absolute Gasteiger partial charge is 0.245 e. The first-order chi connectivity index (χ1) is 16.2. The highest BCUT2D eigenvalue weighted by atomic mass is 15.3. The number of nitriles is 1. The summed E-state index contributed by atoms with van der Waals surface area (Å²) >= 11 is 0. The number of hydrogen-bond donors (Lipinski definition) is 1. The SMILES string of the molecule is CN1CCN(c2ccc(Nc3ncc4ccc(-c5cccc(CCC#N)c5)n4n3)cc2)CC1. The van der Waals surface area contributed by atoms with Gasteiger partial charge < -0.3 is 15.1 Å². The summed E-state index contributed by atoms with van der Waals surface area (Å²) in [4.78, 5) is 9.27. The fourth-order valence-electron chi connectivity index (χ4n) is 4.21. The highest BCUT2D eigenvalue weighted by Crippen LogP contribution is 2.25. The monoisotopic (exact) mass is 437 g/mol. The lowest BCUT2D eigenvalue weighted by molar-refractivity contribution is 0.313. The van der Waals surface area contributed by atoms with E-state index >= 15 is 0 Å². The number of rotatable bonds is 6. The molecule has 33 heavy (non-hydrogen) atoms. The van der Waals surface area contributed by atoms with Gasteiger partial charge in [0.15, 0.2) is 0 Å². The largest absolute Gasteiger partial charge is 0.369 e. The molecule has 0 aliphatic carbocycles. The number of benzene rings is 2. The molecule has 5 rings (SSSR count). The van der Waals surface area contributed by atoms with Crippen molar-refractivity contribution in [3.63, 3.8) is 0 Å². The molecular weight excluding hydrogens is 410 g/mol. The Hall–Kier alpha value is -3.89. The Morgan fingerprint density at radius 3 is 2.61 bits per heavy atom. The number of anilines is 3. The van der Waals surface area contributed by atoms with Gasteiger partial charge in [0.1, 0.15) is 0 Å². The molecule has 1 N–H and O–H groups in total. The lowest BCUT2D eigenvalue weighted by Crippen LogP contribution is -2.44. The number of likely N-dealkylation sites (N-methyl/N-ethyl adjacent to an activating group) is 1. The fourth-order valence-corrected chi connectivity index (χ4v) is 4.21. The number of piperazine rings is 1. The van der Waals surface area contributed by atoms with E-state index < -0.39 is 0 Å². The Morgan fingerprint density at radius 2 is 1.82 bits per heavy atom. The number of nitrogens with one attached hydrogen (secondary N) is 1. The third-order valence-electron chi connectivity index (χ3n) is 6.14. The molecule has 1 saturated heterocycles. The Kier molecular flexibility index (Phi) is 5.92. The molecule has 7 nitrogen and oxygen atoms in total. The minimum atomic E-state index is 0.516. The van der Waals surface area contributed by atoms with Gasteiger partial charge in [-0.25, -0.2) is 9.50 Å². The highest BCUT2D eigenvalue weighted by Gasteiger charge is 2.14. The molecule has 7 heteroatoms. The van der Waals surface area contributed by atoms with Crippen LogP contribution < -0.4 is 10.2 Å². The van der Waals surface area contributed by atoms with E-state index in [2.05, 4.69) is 81.7 Å². The van der Waals surface area contributed by atoms with E-state index in [1.165, 1.54) is 5.69 Å². The summed E-state index contributed by atoms with van der Waals surface area (Å²) in [6.45, 7) is 4.29.